The molecule has 14 heavy (non-hydrogen) atoms. The van der Waals surface area contributed by atoms with E-state index in [-0.39, 0.29) is 18.4 Å². The van der Waals surface area contributed by atoms with Crippen molar-refractivity contribution in [3.05, 3.63) is 28.8 Å². The third kappa shape index (κ3) is 3.03. The second kappa shape index (κ2) is 6.09. The first-order valence-corrected chi connectivity index (χ1v) is 4.36. The normalized spacial score (nSPS) is 11.7. The summed E-state index contributed by atoms with van der Waals surface area (Å²) < 4.78 is 5.05. The van der Waals surface area contributed by atoms with Crippen molar-refractivity contribution in [2.24, 2.45) is 11.5 Å². The molecule has 0 aromatic heterocycles. The number of rotatable bonds is 3. The molecule has 80 valence electrons. The Morgan fingerprint density at radius 1 is 1.50 bits per heavy atom. The quantitative estimate of drug-likeness (QED) is 0.841. The number of methoxy groups -OCH3 is 1. The largest absolute Gasteiger partial charge is 0.495 e. The summed E-state index contributed by atoms with van der Waals surface area (Å²) in [6, 6.07) is 5.25. The first-order valence-electron chi connectivity index (χ1n) is 3.98. The molecule has 0 saturated carbocycles. The van der Waals surface area contributed by atoms with E-state index in [0.717, 1.165) is 5.56 Å². The Hall–Kier alpha value is -0.480. The minimum atomic E-state index is -0.161. The predicted molar refractivity (Wildman–Crippen MR) is 61.2 cm³/mol. The highest BCUT2D eigenvalue weighted by atomic mass is 35.5. The van der Waals surface area contributed by atoms with Gasteiger partial charge in [-0.15, -0.1) is 12.4 Å². The zero-order valence-corrected chi connectivity index (χ0v) is 9.44. The number of hydrogen-bond acceptors (Lipinski definition) is 3. The van der Waals surface area contributed by atoms with Gasteiger partial charge in [-0.05, 0) is 17.7 Å². The minimum absolute atomic E-state index is 0. The summed E-state index contributed by atoms with van der Waals surface area (Å²) in [5.74, 6) is 0.628. The molecule has 0 aliphatic heterocycles. The van der Waals surface area contributed by atoms with Crippen molar-refractivity contribution < 1.29 is 4.74 Å². The van der Waals surface area contributed by atoms with Crippen molar-refractivity contribution in [3.8, 4) is 5.75 Å². The third-order valence-corrected chi connectivity index (χ3v) is 2.17. The zero-order chi connectivity index (χ0) is 9.84. The molecule has 0 saturated heterocycles. The maximum absolute atomic E-state index is 5.85. The van der Waals surface area contributed by atoms with Crippen LogP contribution in [-0.2, 0) is 0 Å². The molecule has 0 amide bonds. The molecule has 0 spiro atoms. The molecular weight excluding hydrogens is 223 g/mol. The Kier molecular flexibility index (Phi) is 5.88. The van der Waals surface area contributed by atoms with E-state index in [0.29, 0.717) is 17.3 Å². The van der Waals surface area contributed by atoms with Crippen LogP contribution in [0, 0.1) is 0 Å². The lowest BCUT2D eigenvalue weighted by Gasteiger charge is -2.11. The van der Waals surface area contributed by atoms with Crippen LogP contribution >= 0.6 is 24.0 Å². The van der Waals surface area contributed by atoms with Gasteiger partial charge in [-0.25, -0.2) is 0 Å². The van der Waals surface area contributed by atoms with Gasteiger partial charge < -0.3 is 16.2 Å². The lowest BCUT2D eigenvalue weighted by Crippen LogP contribution is -2.20. The van der Waals surface area contributed by atoms with E-state index in [4.69, 9.17) is 27.8 Å². The fourth-order valence-corrected chi connectivity index (χ4v) is 1.24. The van der Waals surface area contributed by atoms with Crippen LogP contribution in [0.4, 0.5) is 0 Å². The van der Waals surface area contributed by atoms with Gasteiger partial charge >= 0.3 is 0 Å². The molecule has 1 aromatic rings. The summed E-state index contributed by atoms with van der Waals surface area (Å²) >= 11 is 5.85. The molecular formula is C9H14Cl2N2O. The van der Waals surface area contributed by atoms with Gasteiger partial charge in [0.05, 0.1) is 12.1 Å². The standard InChI is InChI=1S/C9H13ClN2O.ClH/c1-13-9-4-6(8(12)5-11)2-3-7(9)10;/h2-4,8H,5,11-12H2,1H3;1H/t8-;/m1./s1. The van der Waals surface area contributed by atoms with Crippen LogP contribution in [-0.4, -0.2) is 13.7 Å². The summed E-state index contributed by atoms with van der Waals surface area (Å²) in [7, 11) is 1.57. The molecule has 0 radical (unpaired) electrons. The Bertz CT molecular complexity index is 294. The van der Waals surface area contributed by atoms with Gasteiger partial charge in [0, 0.05) is 12.6 Å². The van der Waals surface area contributed by atoms with Crippen LogP contribution in [0.5, 0.6) is 5.75 Å². The summed E-state index contributed by atoms with van der Waals surface area (Å²) in [6.07, 6.45) is 0. The molecule has 5 heteroatoms. The molecule has 0 aliphatic rings. The Balaban J connectivity index is 0.00000169. The SMILES string of the molecule is COc1cc([C@H](N)CN)ccc1Cl.Cl. The van der Waals surface area contributed by atoms with Crippen molar-refractivity contribution in [1.29, 1.82) is 0 Å². The lowest BCUT2D eigenvalue weighted by molar-refractivity contribution is 0.414. The van der Waals surface area contributed by atoms with Gasteiger partial charge in [0.2, 0.25) is 0 Å². The second-order valence-corrected chi connectivity index (χ2v) is 3.14. The third-order valence-electron chi connectivity index (χ3n) is 1.86. The van der Waals surface area contributed by atoms with Crippen molar-refractivity contribution in [1.82, 2.24) is 0 Å². The van der Waals surface area contributed by atoms with E-state index >= 15 is 0 Å². The summed E-state index contributed by atoms with van der Waals surface area (Å²) in [5, 5.41) is 0.579. The van der Waals surface area contributed by atoms with E-state index in [1.165, 1.54) is 0 Å². The summed E-state index contributed by atoms with van der Waals surface area (Å²) in [4.78, 5) is 0. The lowest BCUT2D eigenvalue weighted by atomic mass is 10.1. The summed E-state index contributed by atoms with van der Waals surface area (Å²) in [6.45, 7) is 0.408. The van der Waals surface area contributed by atoms with Gasteiger partial charge in [-0.3, -0.25) is 0 Å². The van der Waals surface area contributed by atoms with Crippen LogP contribution in [0.15, 0.2) is 18.2 Å². The molecule has 3 nitrogen and oxygen atoms in total. The molecule has 0 bridgehead atoms. The fourth-order valence-electron chi connectivity index (χ4n) is 1.04. The minimum Gasteiger partial charge on any atom is -0.495 e. The molecule has 0 unspecified atom stereocenters. The number of hydrogen-bond donors (Lipinski definition) is 2. The highest BCUT2D eigenvalue weighted by molar-refractivity contribution is 6.32. The molecule has 0 aliphatic carbocycles. The van der Waals surface area contributed by atoms with Gasteiger partial charge in [0.25, 0.3) is 0 Å². The van der Waals surface area contributed by atoms with Gasteiger partial charge in [-0.1, -0.05) is 17.7 Å². The smallest absolute Gasteiger partial charge is 0.137 e. The second-order valence-electron chi connectivity index (χ2n) is 2.74. The number of ether oxygens (including phenoxy) is 1. The highest BCUT2D eigenvalue weighted by Gasteiger charge is 2.06. The van der Waals surface area contributed by atoms with Crippen molar-refractivity contribution in [2.75, 3.05) is 13.7 Å². The maximum Gasteiger partial charge on any atom is 0.137 e. The molecule has 1 rings (SSSR count). The molecule has 4 N–H and O–H groups in total. The number of benzene rings is 1. The van der Waals surface area contributed by atoms with Gasteiger partial charge in [-0.2, -0.15) is 0 Å². The van der Waals surface area contributed by atoms with Crippen LogP contribution in [0.2, 0.25) is 5.02 Å². The molecule has 0 heterocycles. The van der Waals surface area contributed by atoms with Gasteiger partial charge in [0.1, 0.15) is 5.75 Å². The first-order chi connectivity index (χ1) is 6.19. The van der Waals surface area contributed by atoms with E-state index in [1.54, 1.807) is 19.2 Å². The number of halogens is 2. The van der Waals surface area contributed by atoms with Crippen LogP contribution in [0.25, 0.3) is 0 Å². The fraction of sp³-hybridized carbons (Fsp3) is 0.333. The molecule has 1 aromatic carbocycles. The predicted octanol–water partition coefficient (Wildman–Crippen LogP) is 1.73. The first kappa shape index (κ1) is 13.5. The van der Waals surface area contributed by atoms with Crippen molar-refractivity contribution >= 4 is 24.0 Å². The Labute approximate surface area is 94.8 Å². The Morgan fingerprint density at radius 3 is 2.64 bits per heavy atom. The molecule has 0 fully saturated rings. The zero-order valence-electron chi connectivity index (χ0n) is 7.87. The Morgan fingerprint density at radius 2 is 2.14 bits per heavy atom. The monoisotopic (exact) mass is 236 g/mol. The van der Waals surface area contributed by atoms with E-state index in [9.17, 15) is 0 Å². The maximum atomic E-state index is 5.85. The molecule has 1 atom stereocenters. The van der Waals surface area contributed by atoms with Crippen LogP contribution in [0.1, 0.15) is 11.6 Å². The van der Waals surface area contributed by atoms with E-state index < -0.39 is 0 Å². The average Bonchev–Trinajstić information content (AvgIpc) is 2.17. The van der Waals surface area contributed by atoms with Crippen molar-refractivity contribution in [3.63, 3.8) is 0 Å². The van der Waals surface area contributed by atoms with Crippen LogP contribution in [0.3, 0.4) is 0 Å². The van der Waals surface area contributed by atoms with E-state index in [2.05, 4.69) is 0 Å². The highest BCUT2D eigenvalue weighted by Crippen LogP contribution is 2.26. The van der Waals surface area contributed by atoms with Crippen molar-refractivity contribution in [2.45, 2.75) is 6.04 Å². The van der Waals surface area contributed by atoms with Gasteiger partial charge in [0.15, 0.2) is 0 Å². The number of nitrogens with two attached hydrogens (primary N) is 2. The summed E-state index contributed by atoms with van der Waals surface area (Å²) in [5.41, 5.74) is 12.1. The topological polar surface area (TPSA) is 61.3 Å². The van der Waals surface area contributed by atoms with Crippen LogP contribution < -0.4 is 16.2 Å². The van der Waals surface area contributed by atoms with E-state index in [1.807, 2.05) is 6.07 Å². The average molecular weight is 237 g/mol.